The summed E-state index contributed by atoms with van der Waals surface area (Å²) in [5, 5.41) is 9.52. The molecule has 0 aliphatic heterocycles. The van der Waals surface area contributed by atoms with Crippen molar-refractivity contribution in [2.24, 2.45) is 0 Å². The number of pyridine rings is 1. The minimum atomic E-state index is -0.0749. The molecule has 0 atom stereocenters. The van der Waals surface area contributed by atoms with Gasteiger partial charge in [0.05, 0.1) is 16.7 Å². The van der Waals surface area contributed by atoms with Crippen molar-refractivity contribution in [1.29, 1.82) is 0 Å². The zero-order valence-corrected chi connectivity index (χ0v) is 6.99. The fourth-order valence-electron chi connectivity index (χ4n) is 1.13. The van der Waals surface area contributed by atoms with Crippen LogP contribution >= 0.6 is 11.6 Å². The summed E-state index contributed by atoms with van der Waals surface area (Å²) in [6, 6.07) is 3.65. The summed E-state index contributed by atoms with van der Waals surface area (Å²) in [6.07, 6.45) is 3.43. The number of nitrogens with zero attached hydrogens (tertiary/aromatic N) is 2. The maximum Gasteiger partial charge on any atom is 0.139 e. The molecule has 3 nitrogen and oxygen atoms in total. The fourth-order valence-corrected chi connectivity index (χ4v) is 1.30. The normalized spacial score (nSPS) is 10.8. The van der Waals surface area contributed by atoms with Crippen molar-refractivity contribution in [1.82, 2.24) is 9.38 Å². The van der Waals surface area contributed by atoms with Crippen LogP contribution in [0.4, 0.5) is 0 Å². The van der Waals surface area contributed by atoms with Gasteiger partial charge >= 0.3 is 0 Å². The lowest BCUT2D eigenvalue weighted by molar-refractivity contribution is 0.270. The smallest absolute Gasteiger partial charge is 0.139 e. The first-order valence-electron chi connectivity index (χ1n) is 3.53. The van der Waals surface area contributed by atoms with Crippen molar-refractivity contribution in [2.75, 3.05) is 0 Å². The fraction of sp³-hybridized carbons (Fsp3) is 0.125. The molecule has 0 saturated carbocycles. The summed E-state index contributed by atoms with van der Waals surface area (Å²) in [7, 11) is 0. The lowest BCUT2D eigenvalue weighted by atomic mass is 10.4. The van der Waals surface area contributed by atoms with Gasteiger partial charge in [-0.1, -0.05) is 11.6 Å². The quantitative estimate of drug-likeness (QED) is 0.726. The second kappa shape index (κ2) is 2.77. The van der Waals surface area contributed by atoms with Crippen LogP contribution in [0.25, 0.3) is 5.52 Å². The number of hydrogen-bond donors (Lipinski definition) is 1. The van der Waals surface area contributed by atoms with Crippen molar-refractivity contribution >= 4 is 17.1 Å². The minimum Gasteiger partial charge on any atom is -0.388 e. The third kappa shape index (κ3) is 1.07. The van der Waals surface area contributed by atoms with Crippen molar-refractivity contribution < 1.29 is 5.11 Å². The summed E-state index contributed by atoms with van der Waals surface area (Å²) in [5.41, 5.74) is 0.934. The Bertz CT molecular complexity index is 410. The molecule has 2 heterocycles. The Morgan fingerprint density at radius 3 is 3.08 bits per heavy atom. The maximum absolute atomic E-state index is 8.89. The number of fused-ring (bicyclic) bond motifs is 1. The van der Waals surface area contributed by atoms with Gasteiger partial charge < -0.3 is 9.51 Å². The molecule has 0 saturated heterocycles. The first kappa shape index (κ1) is 7.58. The maximum atomic E-state index is 8.89. The zero-order chi connectivity index (χ0) is 8.55. The lowest BCUT2D eigenvalue weighted by Crippen LogP contribution is -1.92. The molecule has 0 aliphatic carbocycles. The van der Waals surface area contributed by atoms with E-state index >= 15 is 0 Å². The van der Waals surface area contributed by atoms with Gasteiger partial charge in [-0.25, -0.2) is 4.98 Å². The topological polar surface area (TPSA) is 37.5 Å². The van der Waals surface area contributed by atoms with Crippen molar-refractivity contribution in [3.8, 4) is 0 Å². The highest BCUT2D eigenvalue weighted by Gasteiger charge is 2.00. The van der Waals surface area contributed by atoms with E-state index in [0.717, 1.165) is 5.52 Å². The summed E-state index contributed by atoms with van der Waals surface area (Å²) in [6.45, 7) is -0.0749. The van der Waals surface area contributed by atoms with E-state index in [-0.39, 0.29) is 6.61 Å². The molecule has 62 valence electrons. The second-order valence-corrected chi connectivity index (χ2v) is 2.91. The molecule has 0 amide bonds. The Balaban J connectivity index is 2.75. The van der Waals surface area contributed by atoms with Gasteiger partial charge in [0.2, 0.25) is 0 Å². The Morgan fingerprint density at radius 2 is 2.33 bits per heavy atom. The van der Waals surface area contributed by atoms with Crippen LogP contribution in [0, 0.1) is 0 Å². The average molecular weight is 183 g/mol. The largest absolute Gasteiger partial charge is 0.388 e. The molecular weight excluding hydrogens is 176 g/mol. The highest BCUT2D eigenvalue weighted by atomic mass is 35.5. The average Bonchev–Trinajstić information content (AvgIpc) is 2.46. The number of aliphatic hydroxyl groups is 1. The molecular formula is C8H7ClN2O. The first-order valence-corrected chi connectivity index (χ1v) is 3.91. The summed E-state index contributed by atoms with van der Waals surface area (Å²) < 4.78 is 1.77. The van der Waals surface area contributed by atoms with Crippen LogP contribution in [-0.4, -0.2) is 14.5 Å². The molecule has 12 heavy (non-hydrogen) atoms. The molecule has 4 heteroatoms. The predicted octanol–water partition coefficient (Wildman–Crippen LogP) is 1.48. The van der Waals surface area contributed by atoms with Crippen LogP contribution in [0.5, 0.6) is 0 Å². The molecule has 0 fully saturated rings. The monoisotopic (exact) mass is 182 g/mol. The molecule has 0 aromatic carbocycles. The number of halogens is 1. The first-order chi connectivity index (χ1) is 5.81. The highest BCUT2D eigenvalue weighted by molar-refractivity contribution is 6.30. The molecule has 1 N–H and O–H groups in total. The number of hydrogen-bond acceptors (Lipinski definition) is 2. The van der Waals surface area contributed by atoms with Crippen molar-refractivity contribution in [3.05, 3.63) is 35.4 Å². The van der Waals surface area contributed by atoms with Gasteiger partial charge in [0.15, 0.2) is 0 Å². The van der Waals surface area contributed by atoms with E-state index in [1.165, 1.54) is 0 Å². The van der Waals surface area contributed by atoms with Gasteiger partial charge in [0.1, 0.15) is 12.4 Å². The van der Waals surface area contributed by atoms with Crippen LogP contribution in [0.3, 0.4) is 0 Å². The van der Waals surface area contributed by atoms with Gasteiger partial charge in [-0.3, -0.25) is 0 Å². The lowest BCUT2D eigenvalue weighted by Gasteiger charge is -1.97. The van der Waals surface area contributed by atoms with Gasteiger partial charge in [-0.05, 0) is 12.1 Å². The van der Waals surface area contributed by atoms with E-state index in [2.05, 4.69) is 4.98 Å². The summed E-state index contributed by atoms with van der Waals surface area (Å²) in [5.74, 6) is 0.604. The Hall–Kier alpha value is -1.06. The highest BCUT2D eigenvalue weighted by Crippen LogP contribution is 2.12. The number of aromatic nitrogens is 2. The van der Waals surface area contributed by atoms with E-state index in [1.54, 1.807) is 22.9 Å². The SMILES string of the molecule is OCc1ncc2ccc(Cl)cn12. The van der Waals surface area contributed by atoms with Crippen molar-refractivity contribution in [2.45, 2.75) is 6.61 Å². The van der Waals surface area contributed by atoms with Gasteiger partial charge in [-0.15, -0.1) is 0 Å². The standard InChI is InChI=1S/C8H7ClN2O/c9-6-1-2-7-3-10-8(5-12)11(7)4-6/h1-4,12H,5H2. The van der Waals surface area contributed by atoms with Crippen LogP contribution in [0.15, 0.2) is 24.5 Å². The van der Waals surface area contributed by atoms with Crippen LogP contribution in [0.1, 0.15) is 5.82 Å². The predicted molar refractivity (Wildman–Crippen MR) is 46.1 cm³/mol. The number of rotatable bonds is 1. The molecule has 0 bridgehead atoms. The Morgan fingerprint density at radius 1 is 1.50 bits per heavy atom. The second-order valence-electron chi connectivity index (χ2n) is 2.47. The van der Waals surface area contributed by atoms with E-state index in [0.29, 0.717) is 10.8 Å². The number of imidazole rings is 1. The van der Waals surface area contributed by atoms with E-state index in [9.17, 15) is 0 Å². The minimum absolute atomic E-state index is 0.0749. The molecule has 0 spiro atoms. The van der Waals surface area contributed by atoms with Gasteiger partial charge in [-0.2, -0.15) is 0 Å². The summed E-state index contributed by atoms with van der Waals surface area (Å²) >= 11 is 5.77. The molecule has 0 unspecified atom stereocenters. The van der Waals surface area contributed by atoms with Gasteiger partial charge in [0, 0.05) is 6.20 Å². The van der Waals surface area contributed by atoms with Gasteiger partial charge in [0.25, 0.3) is 0 Å². The molecule has 2 aromatic heterocycles. The Kier molecular flexibility index (Phi) is 1.75. The molecule has 2 rings (SSSR count). The van der Waals surface area contributed by atoms with Crippen molar-refractivity contribution in [3.63, 3.8) is 0 Å². The van der Waals surface area contributed by atoms with E-state index in [1.807, 2.05) is 6.07 Å². The van der Waals surface area contributed by atoms with E-state index < -0.39 is 0 Å². The molecule has 0 aliphatic rings. The van der Waals surface area contributed by atoms with E-state index in [4.69, 9.17) is 16.7 Å². The Labute approximate surface area is 74.2 Å². The third-order valence-corrected chi connectivity index (χ3v) is 1.93. The van der Waals surface area contributed by atoms with Crippen LogP contribution in [-0.2, 0) is 6.61 Å². The molecule has 0 radical (unpaired) electrons. The summed E-state index contributed by atoms with van der Waals surface area (Å²) in [4.78, 5) is 4.01. The van der Waals surface area contributed by atoms with Crippen LogP contribution in [0.2, 0.25) is 5.02 Å². The third-order valence-electron chi connectivity index (χ3n) is 1.71. The molecule has 2 aromatic rings. The number of aliphatic hydroxyl groups excluding tert-OH is 1. The zero-order valence-electron chi connectivity index (χ0n) is 6.24. The van der Waals surface area contributed by atoms with Crippen LogP contribution < -0.4 is 0 Å².